The molecule has 0 bridgehead atoms. The van der Waals surface area contributed by atoms with Gasteiger partial charge in [-0.15, -0.1) is 10.2 Å². The van der Waals surface area contributed by atoms with Crippen LogP contribution in [0.2, 0.25) is 0 Å². The molecule has 0 saturated carbocycles. The lowest BCUT2D eigenvalue weighted by atomic mass is 10.0. The van der Waals surface area contributed by atoms with Crippen LogP contribution in [0.5, 0.6) is 0 Å². The number of carbonyl (C=O) groups excluding carboxylic acids is 1. The summed E-state index contributed by atoms with van der Waals surface area (Å²) < 4.78 is 13.7. The van der Waals surface area contributed by atoms with E-state index >= 15 is 0 Å². The molecule has 2 aromatic carbocycles. The van der Waals surface area contributed by atoms with E-state index in [0.29, 0.717) is 26.2 Å². The molecule has 0 atom stereocenters. The molecule has 1 fully saturated rings. The topological polar surface area (TPSA) is 61.4 Å². The lowest BCUT2D eigenvalue weighted by molar-refractivity contribution is 0.208. The van der Waals surface area contributed by atoms with Crippen LogP contribution in [0.15, 0.2) is 54.6 Å². The molecule has 30 heavy (non-hydrogen) atoms. The predicted octanol–water partition coefficient (Wildman–Crippen LogP) is 4.25. The summed E-state index contributed by atoms with van der Waals surface area (Å²) in [6, 6.07) is 16.1. The highest BCUT2D eigenvalue weighted by molar-refractivity contribution is 5.89. The molecule has 1 saturated heterocycles. The number of aromatic nitrogens is 2. The minimum Gasteiger partial charge on any atom is -0.352 e. The molecule has 2 heterocycles. The van der Waals surface area contributed by atoms with Crippen LogP contribution in [0, 0.1) is 19.7 Å². The Morgan fingerprint density at radius 2 is 1.73 bits per heavy atom. The van der Waals surface area contributed by atoms with E-state index in [1.165, 1.54) is 17.2 Å². The molecule has 1 N–H and O–H groups in total. The standard InChI is InChI=1S/C23H24FN5O/c1-16-7-8-18(17(2)15-16)20-9-10-22(27-26-20)28-11-13-29(14-12-28)23(30)25-21-6-4-3-5-19(21)24/h3-10,15H,11-14H2,1-2H3,(H,25,30). The molecule has 7 heteroatoms. The van der Waals surface area contributed by atoms with Crippen molar-refractivity contribution in [2.24, 2.45) is 0 Å². The van der Waals surface area contributed by atoms with Crippen molar-refractivity contribution in [3.63, 3.8) is 0 Å². The SMILES string of the molecule is Cc1ccc(-c2ccc(N3CCN(C(=O)Nc4ccccc4F)CC3)nn2)c(C)c1. The summed E-state index contributed by atoms with van der Waals surface area (Å²) in [5.41, 5.74) is 4.51. The first kappa shape index (κ1) is 19.8. The number of rotatable bonds is 3. The van der Waals surface area contributed by atoms with Gasteiger partial charge in [0, 0.05) is 31.7 Å². The molecule has 2 amide bonds. The van der Waals surface area contributed by atoms with Crippen molar-refractivity contribution in [3.05, 3.63) is 71.5 Å². The molecule has 0 spiro atoms. The number of carbonyl (C=O) groups is 1. The van der Waals surface area contributed by atoms with E-state index in [1.807, 2.05) is 12.1 Å². The molecule has 0 unspecified atom stereocenters. The highest BCUT2D eigenvalue weighted by atomic mass is 19.1. The van der Waals surface area contributed by atoms with E-state index in [4.69, 9.17) is 0 Å². The fourth-order valence-corrected chi connectivity index (χ4v) is 3.63. The third-order valence-corrected chi connectivity index (χ3v) is 5.31. The van der Waals surface area contributed by atoms with Crippen molar-refractivity contribution < 1.29 is 9.18 Å². The number of piperazine rings is 1. The first-order valence-corrected chi connectivity index (χ1v) is 9.98. The average Bonchev–Trinajstić information content (AvgIpc) is 2.76. The first-order valence-electron chi connectivity index (χ1n) is 9.98. The van der Waals surface area contributed by atoms with Crippen molar-refractivity contribution in [1.82, 2.24) is 15.1 Å². The zero-order valence-corrected chi connectivity index (χ0v) is 17.1. The molecule has 1 aliphatic rings. The average molecular weight is 405 g/mol. The summed E-state index contributed by atoms with van der Waals surface area (Å²) in [5.74, 6) is 0.348. The number of benzene rings is 2. The maximum absolute atomic E-state index is 13.7. The smallest absolute Gasteiger partial charge is 0.322 e. The zero-order chi connectivity index (χ0) is 21.1. The molecule has 0 radical (unpaired) electrons. The first-order chi connectivity index (χ1) is 14.5. The Labute approximate surface area is 175 Å². The summed E-state index contributed by atoms with van der Waals surface area (Å²) >= 11 is 0. The van der Waals surface area contributed by atoms with Crippen LogP contribution in [0.3, 0.4) is 0 Å². The third kappa shape index (κ3) is 4.25. The van der Waals surface area contributed by atoms with Crippen LogP contribution in [0.25, 0.3) is 11.3 Å². The summed E-state index contributed by atoms with van der Waals surface area (Å²) in [4.78, 5) is 16.2. The highest BCUT2D eigenvalue weighted by Crippen LogP contribution is 2.23. The van der Waals surface area contributed by atoms with Crippen molar-refractivity contribution in [2.45, 2.75) is 13.8 Å². The van der Waals surface area contributed by atoms with Crippen molar-refractivity contribution >= 4 is 17.5 Å². The number of urea groups is 1. The number of anilines is 2. The van der Waals surface area contributed by atoms with Gasteiger partial charge in [-0.2, -0.15) is 0 Å². The van der Waals surface area contributed by atoms with Gasteiger partial charge in [-0.05, 0) is 43.7 Å². The highest BCUT2D eigenvalue weighted by Gasteiger charge is 2.23. The molecule has 1 aliphatic heterocycles. The van der Waals surface area contributed by atoms with Gasteiger partial charge in [-0.3, -0.25) is 0 Å². The number of amides is 2. The van der Waals surface area contributed by atoms with Crippen LogP contribution >= 0.6 is 0 Å². The molecule has 154 valence electrons. The Morgan fingerprint density at radius 3 is 2.40 bits per heavy atom. The van der Waals surface area contributed by atoms with Crippen molar-refractivity contribution in [3.8, 4) is 11.3 Å². The third-order valence-electron chi connectivity index (χ3n) is 5.31. The Bertz CT molecular complexity index is 1050. The minimum atomic E-state index is -0.441. The lowest BCUT2D eigenvalue weighted by Gasteiger charge is -2.35. The number of hydrogen-bond donors (Lipinski definition) is 1. The van der Waals surface area contributed by atoms with Gasteiger partial charge in [0.05, 0.1) is 11.4 Å². The van der Waals surface area contributed by atoms with E-state index in [2.05, 4.69) is 52.5 Å². The number of hydrogen-bond acceptors (Lipinski definition) is 4. The predicted molar refractivity (Wildman–Crippen MR) is 116 cm³/mol. The maximum atomic E-state index is 13.7. The van der Waals surface area contributed by atoms with Crippen LogP contribution < -0.4 is 10.2 Å². The fraction of sp³-hybridized carbons (Fsp3) is 0.261. The number of nitrogens with one attached hydrogen (secondary N) is 1. The van der Waals surface area contributed by atoms with Gasteiger partial charge < -0.3 is 15.1 Å². The monoisotopic (exact) mass is 405 g/mol. The molecule has 3 aromatic rings. The zero-order valence-electron chi connectivity index (χ0n) is 17.1. The van der Waals surface area contributed by atoms with Gasteiger partial charge >= 0.3 is 6.03 Å². The Hall–Kier alpha value is -3.48. The summed E-state index contributed by atoms with van der Waals surface area (Å²) in [6.45, 7) is 6.48. The Morgan fingerprint density at radius 1 is 0.967 bits per heavy atom. The van der Waals surface area contributed by atoms with Crippen LogP contribution in [-0.2, 0) is 0 Å². The van der Waals surface area contributed by atoms with E-state index in [1.54, 1.807) is 23.1 Å². The van der Waals surface area contributed by atoms with E-state index < -0.39 is 5.82 Å². The number of aryl methyl sites for hydroxylation is 2. The molecule has 0 aliphatic carbocycles. The fourth-order valence-electron chi connectivity index (χ4n) is 3.63. The van der Waals surface area contributed by atoms with Gasteiger partial charge in [-0.25, -0.2) is 9.18 Å². The van der Waals surface area contributed by atoms with Crippen LogP contribution in [-0.4, -0.2) is 47.3 Å². The van der Waals surface area contributed by atoms with Crippen LogP contribution in [0.4, 0.5) is 20.7 Å². The van der Waals surface area contributed by atoms with Crippen LogP contribution in [0.1, 0.15) is 11.1 Å². The molecule has 1 aromatic heterocycles. The molecule has 6 nitrogen and oxygen atoms in total. The van der Waals surface area contributed by atoms with Gasteiger partial charge in [0.25, 0.3) is 0 Å². The summed E-state index contributed by atoms with van der Waals surface area (Å²) in [5, 5.41) is 11.4. The number of halogens is 1. The van der Waals surface area contributed by atoms with Gasteiger partial charge in [0.15, 0.2) is 5.82 Å². The normalized spacial score (nSPS) is 14.0. The lowest BCUT2D eigenvalue weighted by Crippen LogP contribution is -2.50. The number of nitrogens with zero attached hydrogens (tertiary/aromatic N) is 4. The molecular weight excluding hydrogens is 381 g/mol. The second kappa shape index (κ2) is 8.49. The molecule has 4 rings (SSSR count). The second-order valence-electron chi connectivity index (χ2n) is 7.48. The van der Waals surface area contributed by atoms with Gasteiger partial charge in [-0.1, -0.05) is 35.9 Å². The van der Waals surface area contributed by atoms with Gasteiger partial charge in [0.1, 0.15) is 5.82 Å². The Balaban J connectivity index is 1.37. The number of para-hydroxylation sites is 1. The van der Waals surface area contributed by atoms with Crippen molar-refractivity contribution in [2.75, 3.05) is 36.4 Å². The van der Waals surface area contributed by atoms with E-state index in [-0.39, 0.29) is 11.7 Å². The Kier molecular flexibility index (Phi) is 5.61. The maximum Gasteiger partial charge on any atom is 0.322 e. The van der Waals surface area contributed by atoms with E-state index in [0.717, 1.165) is 17.1 Å². The quantitative estimate of drug-likeness (QED) is 0.708. The van der Waals surface area contributed by atoms with Gasteiger partial charge in [0.2, 0.25) is 0 Å². The second-order valence-corrected chi connectivity index (χ2v) is 7.48. The largest absolute Gasteiger partial charge is 0.352 e. The van der Waals surface area contributed by atoms with E-state index in [9.17, 15) is 9.18 Å². The minimum absolute atomic E-state index is 0.192. The summed E-state index contributed by atoms with van der Waals surface area (Å²) in [6.07, 6.45) is 0. The van der Waals surface area contributed by atoms with Crippen molar-refractivity contribution in [1.29, 1.82) is 0 Å². The molecular formula is C23H24FN5O. The summed E-state index contributed by atoms with van der Waals surface area (Å²) in [7, 11) is 0.